The summed E-state index contributed by atoms with van der Waals surface area (Å²) in [4.78, 5) is 5.68. The van der Waals surface area contributed by atoms with Crippen molar-refractivity contribution in [1.29, 1.82) is 0 Å². The van der Waals surface area contributed by atoms with Gasteiger partial charge in [0.1, 0.15) is 11.5 Å². The molecule has 68 heavy (non-hydrogen) atoms. The van der Waals surface area contributed by atoms with Crippen molar-refractivity contribution in [3.05, 3.63) is 125 Å². The number of aryl methyl sites for hydroxylation is 1. The lowest BCUT2D eigenvalue weighted by atomic mass is 9.48. The standard InChI is InChI=1S/C65H81NO2/c1-3-5-7-9-10-12-19-44-34-57(63(68)58(36-44)64-38-46-27-47(39-64)29-48(28-46)40-64)54-23-16-17-24-55(54)61-26-18-25-60(66-61)53(22-13-8-6-4-2)33-45-35-56(52-20-14-11-15-21-52)62(67)59(37-45)65-41-49-30-50(42-65)32-51(31-49)43-65/h11,14-18,20-21,23-26,34-37,46-51,53,67-68H,3-10,12-13,19,22,27-33,38-43H2,1-2H3. The minimum absolute atomic E-state index is 0.0872. The summed E-state index contributed by atoms with van der Waals surface area (Å²) in [5.41, 5.74) is 12.9. The lowest BCUT2D eigenvalue weighted by Gasteiger charge is -2.57. The Morgan fingerprint density at radius 2 is 0.985 bits per heavy atom. The van der Waals surface area contributed by atoms with Gasteiger partial charge >= 0.3 is 0 Å². The van der Waals surface area contributed by atoms with Gasteiger partial charge in [0.05, 0.1) is 5.69 Å². The molecule has 3 heteroatoms. The molecular formula is C65H81NO2. The maximum atomic E-state index is 12.8. The first-order chi connectivity index (χ1) is 33.3. The number of hydrogen-bond acceptors (Lipinski definition) is 3. The molecule has 1 aromatic heterocycles. The zero-order valence-electron chi connectivity index (χ0n) is 41.8. The van der Waals surface area contributed by atoms with Crippen molar-refractivity contribution in [2.24, 2.45) is 35.5 Å². The van der Waals surface area contributed by atoms with E-state index in [2.05, 4.69) is 111 Å². The van der Waals surface area contributed by atoms with Crippen LogP contribution in [0.1, 0.15) is 195 Å². The van der Waals surface area contributed by atoms with Crippen LogP contribution in [0.3, 0.4) is 0 Å². The van der Waals surface area contributed by atoms with Crippen LogP contribution in [0.5, 0.6) is 11.5 Å². The summed E-state index contributed by atoms with van der Waals surface area (Å²) in [5.74, 6) is 6.17. The third kappa shape index (κ3) is 9.23. The Morgan fingerprint density at radius 3 is 1.59 bits per heavy atom. The molecule has 8 aliphatic rings. The predicted octanol–water partition coefficient (Wildman–Crippen LogP) is 17.6. The number of phenolic OH excluding ortho intramolecular Hbond substituents is 2. The van der Waals surface area contributed by atoms with Crippen molar-refractivity contribution in [2.75, 3.05) is 0 Å². The molecule has 8 aliphatic carbocycles. The SMILES string of the molecule is CCCCCCCCc1cc(-c2ccccc2-c2cccc(C(CCCCCC)Cc3cc(-c4ccccc4)c(O)c(C45CC6CC(CC(C6)C4)C5)c3)n2)c(O)c(C23CC4CC(CC(C4)C2)C3)c1. The molecule has 1 atom stereocenters. The second-order valence-electron chi connectivity index (χ2n) is 24.1. The van der Waals surface area contributed by atoms with Gasteiger partial charge in [0.2, 0.25) is 0 Å². The van der Waals surface area contributed by atoms with Crippen molar-refractivity contribution in [3.8, 4) is 45.0 Å². The second-order valence-corrected chi connectivity index (χ2v) is 24.1. The Bertz CT molecular complexity index is 2460. The molecule has 8 fully saturated rings. The first-order valence-corrected chi connectivity index (χ1v) is 28.1. The molecule has 1 heterocycles. The second kappa shape index (κ2) is 19.8. The van der Waals surface area contributed by atoms with Gasteiger partial charge in [0.15, 0.2) is 0 Å². The zero-order chi connectivity index (χ0) is 46.2. The summed E-state index contributed by atoms with van der Waals surface area (Å²) in [6.45, 7) is 4.61. The molecular weight excluding hydrogens is 827 g/mol. The minimum atomic E-state index is 0.0872. The molecule has 8 bridgehead atoms. The fourth-order valence-corrected chi connectivity index (χ4v) is 16.7. The Hall–Kier alpha value is -4.37. The summed E-state index contributed by atoms with van der Waals surface area (Å²) in [7, 11) is 0. The Kier molecular flexibility index (Phi) is 13.4. The predicted molar refractivity (Wildman–Crippen MR) is 282 cm³/mol. The van der Waals surface area contributed by atoms with Crippen molar-refractivity contribution in [3.63, 3.8) is 0 Å². The highest BCUT2D eigenvalue weighted by Crippen LogP contribution is 2.64. The number of rotatable bonds is 20. The number of pyridine rings is 1. The average molecular weight is 908 g/mol. The molecule has 1 unspecified atom stereocenters. The normalized spacial score (nSPS) is 28.1. The number of aromatic nitrogens is 1. The van der Waals surface area contributed by atoms with E-state index in [1.165, 1.54) is 164 Å². The number of hydrogen-bond donors (Lipinski definition) is 2. The minimum Gasteiger partial charge on any atom is -0.507 e. The lowest BCUT2D eigenvalue weighted by molar-refractivity contribution is -0.00628. The number of nitrogens with zero attached hydrogens (tertiary/aromatic N) is 1. The van der Waals surface area contributed by atoms with Crippen LogP contribution in [0, 0.1) is 35.5 Å². The Labute approximate surface area is 410 Å². The van der Waals surface area contributed by atoms with Gasteiger partial charge in [-0.25, -0.2) is 0 Å². The monoisotopic (exact) mass is 908 g/mol. The molecule has 3 nitrogen and oxygen atoms in total. The van der Waals surface area contributed by atoms with Gasteiger partial charge in [-0.05, 0) is 196 Å². The highest BCUT2D eigenvalue weighted by atomic mass is 16.3. The molecule has 8 saturated carbocycles. The highest BCUT2D eigenvalue weighted by Gasteiger charge is 2.54. The van der Waals surface area contributed by atoms with Crippen molar-refractivity contribution < 1.29 is 10.2 Å². The summed E-state index contributed by atoms with van der Waals surface area (Å²) in [6.07, 6.45) is 31.5. The van der Waals surface area contributed by atoms with Crippen LogP contribution in [0.25, 0.3) is 33.5 Å². The van der Waals surface area contributed by atoms with Crippen LogP contribution in [-0.4, -0.2) is 15.2 Å². The maximum Gasteiger partial charge on any atom is 0.127 e. The Balaban J connectivity index is 0.958. The highest BCUT2D eigenvalue weighted by molar-refractivity contribution is 5.86. The third-order valence-electron chi connectivity index (χ3n) is 19.0. The molecule has 358 valence electrons. The van der Waals surface area contributed by atoms with Crippen LogP contribution in [0.2, 0.25) is 0 Å². The fraction of sp³-hybridized carbons (Fsp3) is 0.554. The molecule has 13 rings (SSSR count). The van der Waals surface area contributed by atoms with Gasteiger partial charge in [0.25, 0.3) is 0 Å². The van der Waals surface area contributed by atoms with E-state index >= 15 is 0 Å². The lowest BCUT2D eigenvalue weighted by Crippen LogP contribution is -2.48. The number of aromatic hydroxyl groups is 2. The summed E-state index contributed by atoms with van der Waals surface area (Å²) in [6, 6.07) is 35.9. The van der Waals surface area contributed by atoms with Gasteiger partial charge in [-0.2, -0.15) is 0 Å². The molecule has 5 aromatic rings. The van der Waals surface area contributed by atoms with Gasteiger partial charge in [-0.1, -0.05) is 144 Å². The van der Waals surface area contributed by atoms with Gasteiger partial charge in [-0.15, -0.1) is 0 Å². The fourth-order valence-electron chi connectivity index (χ4n) is 16.7. The van der Waals surface area contributed by atoms with E-state index in [-0.39, 0.29) is 16.7 Å². The van der Waals surface area contributed by atoms with Gasteiger partial charge < -0.3 is 10.2 Å². The van der Waals surface area contributed by atoms with Crippen LogP contribution < -0.4 is 0 Å². The largest absolute Gasteiger partial charge is 0.507 e. The first-order valence-electron chi connectivity index (χ1n) is 28.1. The molecule has 0 radical (unpaired) electrons. The Morgan fingerprint density at radius 1 is 0.485 bits per heavy atom. The van der Waals surface area contributed by atoms with Crippen LogP contribution >= 0.6 is 0 Å². The van der Waals surface area contributed by atoms with E-state index in [9.17, 15) is 10.2 Å². The summed E-state index contributed by atoms with van der Waals surface area (Å²) in [5, 5.41) is 25.2. The van der Waals surface area contributed by atoms with E-state index in [4.69, 9.17) is 4.98 Å². The molecule has 2 N–H and O–H groups in total. The quantitative estimate of drug-likeness (QED) is 0.0765. The molecule has 0 saturated heterocycles. The number of phenols is 2. The van der Waals surface area contributed by atoms with E-state index in [1.807, 2.05) is 0 Å². The number of benzene rings is 4. The van der Waals surface area contributed by atoms with Crippen molar-refractivity contribution in [2.45, 2.75) is 191 Å². The first kappa shape index (κ1) is 46.0. The van der Waals surface area contributed by atoms with E-state index in [0.29, 0.717) is 11.5 Å². The van der Waals surface area contributed by atoms with E-state index in [1.54, 1.807) is 0 Å². The van der Waals surface area contributed by atoms with Gasteiger partial charge in [-0.3, -0.25) is 4.98 Å². The average Bonchev–Trinajstić information content (AvgIpc) is 3.34. The topological polar surface area (TPSA) is 53.4 Å². The van der Waals surface area contributed by atoms with E-state index < -0.39 is 0 Å². The molecule has 0 amide bonds. The molecule has 0 aliphatic heterocycles. The molecule has 4 aromatic carbocycles. The number of unbranched alkanes of at least 4 members (excludes halogenated alkanes) is 8. The van der Waals surface area contributed by atoms with Gasteiger partial charge in [0, 0.05) is 39.4 Å². The van der Waals surface area contributed by atoms with Crippen molar-refractivity contribution >= 4 is 0 Å². The zero-order valence-corrected chi connectivity index (χ0v) is 41.8. The summed E-state index contributed by atoms with van der Waals surface area (Å²) < 4.78 is 0. The van der Waals surface area contributed by atoms with Crippen molar-refractivity contribution in [1.82, 2.24) is 4.98 Å². The maximum absolute atomic E-state index is 12.8. The van der Waals surface area contributed by atoms with Crippen LogP contribution in [-0.2, 0) is 23.7 Å². The third-order valence-corrected chi connectivity index (χ3v) is 19.0. The van der Waals surface area contributed by atoms with Crippen LogP contribution in [0.15, 0.2) is 97.1 Å². The van der Waals surface area contributed by atoms with E-state index in [0.717, 1.165) is 94.0 Å². The molecule has 0 spiro atoms. The van der Waals surface area contributed by atoms with Crippen LogP contribution in [0.4, 0.5) is 0 Å². The smallest absolute Gasteiger partial charge is 0.127 e. The summed E-state index contributed by atoms with van der Waals surface area (Å²) >= 11 is 0.